The Morgan fingerprint density at radius 2 is 1.78 bits per heavy atom. The van der Waals surface area contributed by atoms with E-state index in [1.165, 1.54) is 32.1 Å². The molecule has 0 atom stereocenters. The average molecular weight is 564 g/mol. The highest BCUT2D eigenvalue weighted by Gasteiger charge is 2.33. The summed E-state index contributed by atoms with van der Waals surface area (Å²) in [5.41, 5.74) is 0.320. The van der Waals surface area contributed by atoms with E-state index in [9.17, 15) is 4.79 Å². The van der Waals surface area contributed by atoms with Gasteiger partial charge >= 0.3 is 0 Å². The second-order valence-corrected chi connectivity index (χ2v) is 9.57. The van der Waals surface area contributed by atoms with E-state index in [-0.39, 0.29) is 24.0 Å². The van der Waals surface area contributed by atoms with Crippen molar-refractivity contribution in [3.63, 3.8) is 0 Å². The molecule has 2 N–H and O–H groups in total. The molecule has 2 saturated carbocycles. The minimum absolute atomic E-state index is 0. The Labute approximate surface area is 212 Å². The quantitative estimate of drug-likeness (QED) is 0.175. The third kappa shape index (κ3) is 8.31. The molecule has 1 heterocycles. The summed E-state index contributed by atoms with van der Waals surface area (Å²) in [6.45, 7) is 13.2. The molecule has 3 aliphatic rings. The van der Waals surface area contributed by atoms with E-state index in [4.69, 9.17) is 9.73 Å². The van der Waals surface area contributed by atoms with Crippen LogP contribution in [0.25, 0.3) is 0 Å². The fourth-order valence-corrected chi connectivity index (χ4v) is 5.07. The summed E-state index contributed by atoms with van der Waals surface area (Å²) < 4.78 is 5.64. The van der Waals surface area contributed by atoms with Crippen LogP contribution in [0, 0.1) is 11.3 Å². The predicted molar refractivity (Wildman–Crippen MR) is 142 cm³/mol. The van der Waals surface area contributed by atoms with Crippen molar-refractivity contribution in [1.29, 1.82) is 0 Å². The lowest BCUT2D eigenvalue weighted by molar-refractivity contribution is -0.139. The average Bonchev–Trinajstić information content (AvgIpc) is 3.20. The van der Waals surface area contributed by atoms with Crippen molar-refractivity contribution in [3.05, 3.63) is 0 Å². The molecule has 32 heavy (non-hydrogen) atoms. The summed E-state index contributed by atoms with van der Waals surface area (Å²) in [6, 6.07) is 0. The van der Waals surface area contributed by atoms with Crippen molar-refractivity contribution in [2.24, 2.45) is 16.3 Å². The van der Waals surface area contributed by atoms with E-state index in [1.54, 1.807) is 0 Å². The van der Waals surface area contributed by atoms with E-state index in [0.29, 0.717) is 17.2 Å². The molecule has 0 aromatic heterocycles. The Hall–Kier alpha value is -0.610. The molecule has 186 valence electrons. The molecule has 0 radical (unpaired) electrons. The van der Waals surface area contributed by atoms with Crippen LogP contribution in [0.2, 0.25) is 0 Å². The number of halogens is 1. The summed E-state index contributed by atoms with van der Waals surface area (Å²) in [5, 5.41) is 6.94. The molecule has 2 aliphatic carbocycles. The first-order chi connectivity index (χ1) is 15.2. The van der Waals surface area contributed by atoms with E-state index in [1.807, 2.05) is 0 Å². The first-order valence-corrected chi connectivity index (χ1v) is 12.8. The number of rotatable bonds is 11. The molecule has 3 fully saturated rings. The Morgan fingerprint density at radius 1 is 1.06 bits per heavy atom. The molecule has 1 saturated heterocycles. The number of carbonyl (C=O) groups excluding carboxylic acids is 1. The molecular formula is C24H46IN5O2. The number of ether oxygens (including phenoxy) is 1. The topological polar surface area (TPSA) is 69.2 Å². The van der Waals surface area contributed by atoms with E-state index < -0.39 is 0 Å². The van der Waals surface area contributed by atoms with E-state index >= 15 is 0 Å². The maximum Gasteiger partial charge on any atom is 0.225 e. The van der Waals surface area contributed by atoms with Gasteiger partial charge in [0.25, 0.3) is 0 Å². The molecule has 7 nitrogen and oxygen atoms in total. The fraction of sp³-hybridized carbons (Fsp3) is 0.917. The minimum atomic E-state index is 0. The van der Waals surface area contributed by atoms with Gasteiger partial charge in [-0.3, -0.25) is 14.7 Å². The first-order valence-electron chi connectivity index (χ1n) is 12.8. The SMILES string of the molecule is CCNC(=NCC1(CCOCC)CCCC1)NCCN1CCN(C(=O)C2CCC2)CC1.I. The van der Waals surface area contributed by atoms with Crippen LogP contribution < -0.4 is 10.6 Å². The van der Waals surface area contributed by atoms with Crippen LogP contribution in [-0.2, 0) is 9.53 Å². The molecular weight excluding hydrogens is 517 g/mol. The van der Waals surface area contributed by atoms with Gasteiger partial charge in [-0.25, -0.2) is 0 Å². The van der Waals surface area contributed by atoms with Crippen LogP contribution in [0.1, 0.15) is 65.2 Å². The van der Waals surface area contributed by atoms with Gasteiger partial charge in [0.1, 0.15) is 0 Å². The van der Waals surface area contributed by atoms with Gasteiger partial charge in [-0.1, -0.05) is 19.3 Å². The van der Waals surface area contributed by atoms with Gasteiger partial charge in [0, 0.05) is 71.5 Å². The molecule has 3 rings (SSSR count). The third-order valence-electron chi connectivity index (χ3n) is 7.42. The summed E-state index contributed by atoms with van der Waals surface area (Å²) in [6.07, 6.45) is 9.73. The summed E-state index contributed by atoms with van der Waals surface area (Å²) in [5.74, 6) is 1.66. The number of aliphatic imine (C=N–C) groups is 1. The fourth-order valence-electron chi connectivity index (χ4n) is 5.07. The normalized spacial score (nSPS) is 21.7. The van der Waals surface area contributed by atoms with Crippen molar-refractivity contribution in [3.8, 4) is 0 Å². The molecule has 1 aliphatic heterocycles. The van der Waals surface area contributed by atoms with E-state index in [0.717, 1.165) is 90.8 Å². The number of carbonyl (C=O) groups is 1. The smallest absolute Gasteiger partial charge is 0.225 e. The number of nitrogens with zero attached hydrogens (tertiary/aromatic N) is 3. The van der Waals surface area contributed by atoms with Crippen molar-refractivity contribution >= 4 is 35.8 Å². The van der Waals surface area contributed by atoms with E-state index in [2.05, 4.69) is 34.3 Å². The lowest BCUT2D eigenvalue weighted by Gasteiger charge is -2.38. The van der Waals surface area contributed by atoms with Crippen LogP contribution in [0.4, 0.5) is 0 Å². The first kappa shape index (κ1) is 27.6. The largest absolute Gasteiger partial charge is 0.382 e. The molecule has 0 bridgehead atoms. The molecule has 8 heteroatoms. The van der Waals surface area contributed by atoms with Gasteiger partial charge in [-0.15, -0.1) is 24.0 Å². The number of nitrogens with one attached hydrogen (secondary N) is 2. The van der Waals surface area contributed by atoms with Crippen LogP contribution in [0.3, 0.4) is 0 Å². The predicted octanol–water partition coefficient (Wildman–Crippen LogP) is 3.09. The number of guanidine groups is 1. The van der Waals surface area contributed by atoms with Crippen LogP contribution in [-0.4, -0.2) is 87.2 Å². The van der Waals surface area contributed by atoms with Gasteiger partial charge < -0.3 is 20.3 Å². The standard InChI is InChI=1S/C24H45N5O2.HI/c1-3-25-23(27-20-24(10-5-6-11-24)12-19-31-4-2)26-13-14-28-15-17-29(18-16-28)22(30)21-8-7-9-21;/h21H,3-20H2,1-2H3,(H2,25,26,27);1H. The van der Waals surface area contributed by atoms with Crippen molar-refractivity contribution in [1.82, 2.24) is 20.4 Å². The van der Waals surface area contributed by atoms with Crippen molar-refractivity contribution < 1.29 is 9.53 Å². The van der Waals surface area contributed by atoms with Gasteiger partial charge in [-0.2, -0.15) is 0 Å². The molecule has 0 spiro atoms. The molecule has 0 aromatic carbocycles. The Balaban J connectivity index is 0.00000363. The zero-order valence-corrected chi connectivity index (χ0v) is 22.7. The third-order valence-corrected chi connectivity index (χ3v) is 7.42. The Kier molecular flexibility index (Phi) is 12.6. The van der Waals surface area contributed by atoms with Crippen LogP contribution in [0.15, 0.2) is 4.99 Å². The highest BCUT2D eigenvalue weighted by molar-refractivity contribution is 14.0. The van der Waals surface area contributed by atoms with Crippen LogP contribution >= 0.6 is 24.0 Å². The monoisotopic (exact) mass is 563 g/mol. The summed E-state index contributed by atoms with van der Waals surface area (Å²) in [4.78, 5) is 21.9. The van der Waals surface area contributed by atoms with Crippen molar-refractivity contribution in [2.45, 2.75) is 65.2 Å². The van der Waals surface area contributed by atoms with Gasteiger partial charge in [0.2, 0.25) is 5.91 Å². The lowest BCUT2D eigenvalue weighted by Crippen LogP contribution is -2.52. The summed E-state index contributed by atoms with van der Waals surface area (Å²) >= 11 is 0. The van der Waals surface area contributed by atoms with Crippen molar-refractivity contribution in [2.75, 3.05) is 65.6 Å². The minimum Gasteiger partial charge on any atom is -0.382 e. The number of amides is 1. The highest BCUT2D eigenvalue weighted by Crippen LogP contribution is 2.41. The summed E-state index contributed by atoms with van der Waals surface area (Å²) in [7, 11) is 0. The zero-order valence-electron chi connectivity index (χ0n) is 20.4. The Morgan fingerprint density at radius 3 is 2.38 bits per heavy atom. The maximum absolute atomic E-state index is 12.4. The molecule has 0 unspecified atom stereocenters. The number of hydrogen-bond donors (Lipinski definition) is 2. The highest BCUT2D eigenvalue weighted by atomic mass is 127. The van der Waals surface area contributed by atoms with Crippen LogP contribution in [0.5, 0.6) is 0 Å². The zero-order chi connectivity index (χ0) is 21.9. The second kappa shape index (κ2) is 14.6. The van der Waals surface area contributed by atoms with Gasteiger partial charge in [0.15, 0.2) is 5.96 Å². The van der Waals surface area contributed by atoms with Gasteiger partial charge in [-0.05, 0) is 51.4 Å². The number of hydrogen-bond acceptors (Lipinski definition) is 4. The van der Waals surface area contributed by atoms with Gasteiger partial charge in [0.05, 0.1) is 0 Å². The maximum atomic E-state index is 12.4. The number of piperazine rings is 1. The molecule has 0 aromatic rings. The second-order valence-electron chi connectivity index (χ2n) is 9.57. The lowest BCUT2D eigenvalue weighted by atomic mass is 9.83. The molecule has 1 amide bonds. The Bertz CT molecular complexity index is 571.